The van der Waals surface area contributed by atoms with Crippen LogP contribution < -0.4 is 43.8 Å². The molecule has 0 aliphatic heterocycles. The number of hydrogen-bond acceptors (Lipinski definition) is 20. The summed E-state index contributed by atoms with van der Waals surface area (Å²) in [6.07, 6.45) is -4.23. The van der Waals surface area contributed by atoms with E-state index in [2.05, 4.69) is 50.7 Å². The number of anilines is 4. The molecule has 0 saturated carbocycles. The van der Waals surface area contributed by atoms with E-state index in [0.717, 1.165) is 21.5 Å². The van der Waals surface area contributed by atoms with Crippen LogP contribution in [-0.4, -0.2) is 123 Å². The molecule has 8 rings (SSSR count). The lowest BCUT2D eigenvalue weighted by Crippen LogP contribution is -2.36. The summed E-state index contributed by atoms with van der Waals surface area (Å²) >= 11 is 0. The highest BCUT2D eigenvalue weighted by Crippen LogP contribution is 2.37. The second-order valence-electron chi connectivity index (χ2n) is 17.4. The summed E-state index contributed by atoms with van der Waals surface area (Å²) in [5, 5.41) is 22.0. The molecule has 0 saturated heterocycles. The van der Waals surface area contributed by atoms with Crippen molar-refractivity contribution in [2.75, 3.05) is 53.3 Å². The monoisotopic (exact) mass is 1170 g/mol. The largest absolute Gasteiger partial charge is 0.497 e. The predicted octanol–water partition coefficient (Wildman–Crippen LogP) is 8.81. The maximum Gasteiger partial charge on any atom is 0.435 e. The summed E-state index contributed by atoms with van der Waals surface area (Å²) in [4.78, 5) is 50.3. The smallest absolute Gasteiger partial charge is 0.435 e. The fraction of sp³-hybridized carbons (Fsp3) is 0.255. The maximum atomic E-state index is 13.6. The van der Waals surface area contributed by atoms with Crippen molar-refractivity contribution in [1.29, 1.82) is 0 Å². The molecule has 0 atom stereocenters. The van der Waals surface area contributed by atoms with E-state index in [9.17, 15) is 49.5 Å². The summed E-state index contributed by atoms with van der Waals surface area (Å²) in [6, 6.07) is 14.1. The number of halogens is 6. The number of methoxy groups -OCH3 is 6. The van der Waals surface area contributed by atoms with Crippen LogP contribution in [0.15, 0.2) is 85.5 Å². The van der Waals surface area contributed by atoms with Gasteiger partial charge in [0.05, 0.1) is 47.9 Å². The Kier molecular flexibility index (Phi) is 17.7. The van der Waals surface area contributed by atoms with Gasteiger partial charge < -0.3 is 44.2 Å². The van der Waals surface area contributed by atoms with E-state index in [4.69, 9.17) is 28.4 Å². The standard InChI is InChI=1S/C27H28F3N7O6S.C24H21F3N6O5/c1-14(2)44(39,40)36-24(38)20-8-16(12-31-25(20)43-6)21-13-32-26(33-17-9-18(41-4)11-19(10-17)42-5)34-23(21)37-15(3)7-22(35-37)27(28,29)30;1-12-5-19(24(25,26)27)32-33(12)20-18(13-6-17(22(34)35)21(38-4)28-10-13)11-29-23(31-20)30-14-7-15(36-2)9-16(8-14)37-3/h7-14H,1-6H3,(H,36,38)(H,32,33,34);5-11H,1-4H3,(H,34,35)(H,29,30,31). The number of nitrogens with one attached hydrogen (secondary N) is 3. The van der Waals surface area contributed by atoms with Gasteiger partial charge >= 0.3 is 18.3 Å². The molecule has 432 valence electrons. The number of nitrogens with zero attached hydrogens (tertiary/aromatic N) is 10. The summed E-state index contributed by atoms with van der Waals surface area (Å²) in [6.45, 7) is 5.63. The third-order valence-electron chi connectivity index (χ3n) is 11.6. The van der Waals surface area contributed by atoms with E-state index in [0.29, 0.717) is 34.4 Å². The number of aromatic nitrogens is 10. The Hall–Kier alpha value is -9.81. The number of benzene rings is 2. The van der Waals surface area contributed by atoms with Crippen LogP contribution in [0.4, 0.5) is 49.6 Å². The van der Waals surface area contributed by atoms with E-state index < -0.39 is 50.9 Å². The average Bonchev–Trinajstić information content (AvgIpc) is 4.22. The predicted molar refractivity (Wildman–Crippen MR) is 281 cm³/mol. The number of rotatable bonds is 18. The third kappa shape index (κ3) is 13.6. The first-order valence-corrected chi connectivity index (χ1v) is 25.2. The summed E-state index contributed by atoms with van der Waals surface area (Å²) in [7, 11) is 4.39. The van der Waals surface area contributed by atoms with Crippen molar-refractivity contribution < 1.29 is 77.9 Å². The number of carboxylic acids is 1. The molecule has 6 aromatic heterocycles. The van der Waals surface area contributed by atoms with Crippen LogP contribution in [0.25, 0.3) is 33.9 Å². The molecule has 2 aromatic carbocycles. The number of pyridine rings is 2. The van der Waals surface area contributed by atoms with Gasteiger partial charge in [0.1, 0.15) is 34.1 Å². The van der Waals surface area contributed by atoms with Gasteiger partial charge in [-0.25, -0.2) is 47.2 Å². The number of ether oxygens (including phenoxy) is 6. The van der Waals surface area contributed by atoms with E-state index in [1.807, 2.05) is 4.72 Å². The topological polar surface area (TPSA) is 293 Å². The molecule has 0 unspecified atom stereocenters. The summed E-state index contributed by atoms with van der Waals surface area (Å²) in [5.74, 6) is -0.938. The second-order valence-corrected chi connectivity index (χ2v) is 19.6. The molecular formula is C51H49F6N13O11S. The highest BCUT2D eigenvalue weighted by Gasteiger charge is 2.36. The highest BCUT2D eigenvalue weighted by atomic mass is 32.2. The van der Waals surface area contributed by atoms with Crippen LogP contribution in [0.2, 0.25) is 0 Å². The van der Waals surface area contributed by atoms with Crippen molar-refractivity contribution in [2.45, 2.75) is 45.3 Å². The molecule has 4 N–H and O–H groups in total. The third-order valence-corrected chi connectivity index (χ3v) is 13.3. The van der Waals surface area contributed by atoms with Gasteiger partial charge in [-0.2, -0.15) is 46.5 Å². The molecule has 0 bridgehead atoms. The zero-order valence-electron chi connectivity index (χ0n) is 44.8. The molecule has 1 amide bonds. The van der Waals surface area contributed by atoms with Crippen molar-refractivity contribution in [3.8, 4) is 68.6 Å². The number of aryl methyl sites for hydroxylation is 2. The van der Waals surface area contributed by atoms with Gasteiger partial charge in [-0.3, -0.25) is 4.79 Å². The SMILES string of the molecule is COc1cc(Nc2ncc(-c3cnc(OC)c(C(=O)NS(=O)(=O)C(C)C)c3)c(-n3nc(C(F)(F)F)cc3C)n2)cc(OC)c1.COc1cc(Nc2ncc(-c3cnc(OC)c(C(=O)O)c3)c(-n3nc(C(F)(F)F)cc3C)n2)cc(OC)c1. The van der Waals surface area contributed by atoms with Gasteiger partial charge in [0, 0.05) is 106 Å². The van der Waals surface area contributed by atoms with Gasteiger partial charge in [-0.05, 0) is 52.0 Å². The van der Waals surface area contributed by atoms with Crippen LogP contribution in [-0.2, 0) is 22.4 Å². The van der Waals surface area contributed by atoms with Gasteiger partial charge in [0.25, 0.3) is 5.91 Å². The molecule has 0 aliphatic carbocycles. The molecule has 0 radical (unpaired) electrons. The van der Waals surface area contributed by atoms with Gasteiger partial charge in [0.15, 0.2) is 23.0 Å². The van der Waals surface area contributed by atoms with Crippen molar-refractivity contribution >= 4 is 45.2 Å². The van der Waals surface area contributed by atoms with Crippen molar-refractivity contribution in [3.05, 3.63) is 119 Å². The van der Waals surface area contributed by atoms with Gasteiger partial charge in [0.2, 0.25) is 33.7 Å². The molecule has 6 heterocycles. The number of aromatic carboxylic acids is 1. The summed E-state index contributed by atoms with van der Waals surface area (Å²) in [5.41, 5.74) is -0.956. The van der Waals surface area contributed by atoms with Gasteiger partial charge in [-0.15, -0.1) is 0 Å². The van der Waals surface area contributed by atoms with E-state index >= 15 is 0 Å². The molecule has 24 nitrogen and oxygen atoms in total. The second kappa shape index (κ2) is 24.3. The maximum absolute atomic E-state index is 13.6. The lowest BCUT2D eigenvalue weighted by molar-refractivity contribution is -0.142. The Labute approximate surface area is 462 Å². The minimum Gasteiger partial charge on any atom is -0.497 e. The Morgan fingerprint density at radius 2 is 0.927 bits per heavy atom. The number of alkyl halides is 6. The normalized spacial score (nSPS) is 11.5. The molecule has 0 aliphatic rings. The molecular weight excluding hydrogens is 1120 g/mol. The zero-order chi connectivity index (χ0) is 60.0. The van der Waals surface area contributed by atoms with Crippen LogP contribution in [0.3, 0.4) is 0 Å². The number of hydrogen-bond donors (Lipinski definition) is 4. The number of sulfonamides is 1. The Bertz CT molecular complexity index is 3760. The number of carboxylic acid groups (broad SMARTS) is 1. The lowest BCUT2D eigenvalue weighted by Gasteiger charge is -2.15. The fourth-order valence-corrected chi connectivity index (χ4v) is 8.01. The quantitative estimate of drug-likeness (QED) is 0.0583. The highest BCUT2D eigenvalue weighted by molar-refractivity contribution is 7.90. The van der Waals surface area contributed by atoms with Crippen LogP contribution >= 0.6 is 0 Å². The zero-order valence-corrected chi connectivity index (χ0v) is 45.7. The molecule has 82 heavy (non-hydrogen) atoms. The van der Waals surface area contributed by atoms with E-state index in [1.165, 1.54) is 107 Å². The first-order valence-electron chi connectivity index (χ1n) is 23.6. The fourth-order valence-electron chi connectivity index (χ4n) is 7.41. The van der Waals surface area contributed by atoms with E-state index in [1.54, 1.807) is 36.4 Å². The van der Waals surface area contributed by atoms with Crippen LogP contribution in [0.5, 0.6) is 34.8 Å². The minimum atomic E-state index is -4.74. The number of carbonyl (C=O) groups is 2. The van der Waals surface area contributed by atoms with Gasteiger partial charge in [-0.1, -0.05) is 0 Å². The molecule has 0 fully saturated rings. The Morgan fingerprint density at radius 3 is 1.26 bits per heavy atom. The number of carbonyl (C=O) groups excluding carboxylic acids is 1. The minimum absolute atomic E-state index is 0.0162. The average molecular weight is 1170 g/mol. The lowest BCUT2D eigenvalue weighted by atomic mass is 10.1. The molecule has 31 heteroatoms. The van der Waals surface area contributed by atoms with Crippen LogP contribution in [0, 0.1) is 13.8 Å². The Morgan fingerprint density at radius 1 is 0.549 bits per heavy atom. The first kappa shape index (κ1) is 59.8. The van der Waals surface area contributed by atoms with Crippen molar-refractivity contribution in [2.24, 2.45) is 0 Å². The molecule has 8 aromatic rings. The Balaban J connectivity index is 0.000000239. The first-order chi connectivity index (χ1) is 38.7. The van der Waals surface area contributed by atoms with Crippen molar-refractivity contribution in [1.82, 2.24) is 54.2 Å². The summed E-state index contributed by atoms with van der Waals surface area (Å²) < 4.78 is 141. The molecule has 0 spiro atoms. The number of amides is 1. The van der Waals surface area contributed by atoms with E-state index in [-0.39, 0.29) is 80.1 Å². The van der Waals surface area contributed by atoms with Crippen molar-refractivity contribution in [3.63, 3.8) is 0 Å². The van der Waals surface area contributed by atoms with Crippen LogP contribution in [0.1, 0.15) is 57.3 Å².